The summed E-state index contributed by atoms with van der Waals surface area (Å²) >= 11 is 5.70. The number of nitrogens with zero attached hydrogens (tertiary/aromatic N) is 2. The first-order chi connectivity index (χ1) is 6.99. The first-order valence-corrected chi connectivity index (χ1v) is 4.87. The highest BCUT2D eigenvalue weighted by Gasteiger charge is 2.07. The quantitative estimate of drug-likeness (QED) is 0.770. The van der Waals surface area contributed by atoms with E-state index in [9.17, 15) is 4.79 Å². The summed E-state index contributed by atoms with van der Waals surface area (Å²) in [6.07, 6.45) is 0. The highest BCUT2D eigenvalue weighted by atomic mass is 35.5. The molecule has 0 spiro atoms. The van der Waals surface area contributed by atoms with E-state index in [1.807, 2.05) is 13.8 Å². The van der Waals surface area contributed by atoms with Gasteiger partial charge in [0.2, 0.25) is 5.28 Å². The van der Waals surface area contributed by atoms with Crippen molar-refractivity contribution in [3.63, 3.8) is 0 Å². The smallest absolute Gasteiger partial charge is 0.322 e. The molecule has 0 fully saturated rings. The third kappa shape index (κ3) is 3.71. The first-order valence-electron chi connectivity index (χ1n) is 4.49. The minimum atomic E-state index is -0.948. The summed E-state index contributed by atoms with van der Waals surface area (Å²) in [6, 6.07) is 1.69. The van der Waals surface area contributed by atoms with Gasteiger partial charge >= 0.3 is 5.97 Å². The van der Waals surface area contributed by atoms with Crippen molar-refractivity contribution in [2.24, 2.45) is 0 Å². The van der Waals surface area contributed by atoms with Crippen LogP contribution in [0.25, 0.3) is 0 Å². The SMILES string of the molecule is CC(C)c1cc(NCC(=O)O)nc(Cl)n1. The van der Waals surface area contributed by atoms with Crippen LogP contribution in [0.4, 0.5) is 5.82 Å². The van der Waals surface area contributed by atoms with Crippen molar-refractivity contribution < 1.29 is 9.90 Å². The second kappa shape index (κ2) is 4.93. The van der Waals surface area contributed by atoms with Crippen molar-refractivity contribution in [2.75, 3.05) is 11.9 Å². The van der Waals surface area contributed by atoms with E-state index < -0.39 is 5.97 Å². The van der Waals surface area contributed by atoms with Gasteiger partial charge in [0.15, 0.2) is 0 Å². The van der Waals surface area contributed by atoms with Crippen LogP contribution in [-0.4, -0.2) is 27.6 Å². The topological polar surface area (TPSA) is 75.1 Å². The van der Waals surface area contributed by atoms with Crippen molar-refractivity contribution in [3.05, 3.63) is 17.0 Å². The van der Waals surface area contributed by atoms with Crippen LogP contribution in [0.3, 0.4) is 0 Å². The average Bonchev–Trinajstić information content (AvgIpc) is 2.13. The number of halogens is 1. The zero-order valence-corrected chi connectivity index (χ0v) is 9.25. The van der Waals surface area contributed by atoms with Gasteiger partial charge in [0.25, 0.3) is 0 Å². The molecule has 0 aliphatic carbocycles. The minimum Gasteiger partial charge on any atom is -0.480 e. The van der Waals surface area contributed by atoms with Gasteiger partial charge in [0, 0.05) is 6.07 Å². The van der Waals surface area contributed by atoms with Crippen LogP contribution in [0.5, 0.6) is 0 Å². The Morgan fingerprint density at radius 2 is 2.27 bits per heavy atom. The maximum Gasteiger partial charge on any atom is 0.322 e. The summed E-state index contributed by atoms with van der Waals surface area (Å²) in [4.78, 5) is 18.2. The summed E-state index contributed by atoms with van der Waals surface area (Å²) in [6.45, 7) is 3.75. The molecule has 0 saturated carbocycles. The number of carboxylic acid groups (broad SMARTS) is 1. The van der Waals surface area contributed by atoms with Crippen molar-refractivity contribution in [1.82, 2.24) is 9.97 Å². The predicted octanol–water partition coefficient (Wildman–Crippen LogP) is 1.75. The molecule has 0 aliphatic rings. The maximum absolute atomic E-state index is 10.3. The molecular formula is C9H12ClN3O2. The summed E-state index contributed by atoms with van der Waals surface area (Å²) in [7, 11) is 0. The van der Waals surface area contributed by atoms with E-state index in [0.717, 1.165) is 5.69 Å². The number of carboxylic acids is 1. The van der Waals surface area contributed by atoms with Crippen LogP contribution in [0, 0.1) is 0 Å². The molecule has 1 aromatic heterocycles. The Morgan fingerprint density at radius 3 is 2.80 bits per heavy atom. The molecule has 0 bridgehead atoms. The molecule has 0 amide bonds. The number of rotatable bonds is 4. The van der Waals surface area contributed by atoms with Gasteiger partial charge < -0.3 is 10.4 Å². The fraction of sp³-hybridized carbons (Fsp3) is 0.444. The van der Waals surface area contributed by atoms with Crippen molar-refractivity contribution in [3.8, 4) is 0 Å². The first kappa shape index (κ1) is 11.7. The Bertz CT molecular complexity index is 368. The van der Waals surface area contributed by atoms with Gasteiger partial charge in [0.05, 0.1) is 5.69 Å². The molecule has 0 aromatic carbocycles. The van der Waals surface area contributed by atoms with Crippen molar-refractivity contribution in [2.45, 2.75) is 19.8 Å². The van der Waals surface area contributed by atoms with E-state index in [1.165, 1.54) is 0 Å². The zero-order valence-electron chi connectivity index (χ0n) is 8.49. The molecule has 5 nitrogen and oxygen atoms in total. The monoisotopic (exact) mass is 229 g/mol. The fourth-order valence-corrected chi connectivity index (χ4v) is 1.18. The van der Waals surface area contributed by atoms with Crippen molar-refractivity contribution >= 4 is 23.4 Å². The maximum atomic E-state index is 10.3. The fourth-order valence-electron chi connectivity index (χ4n) is 0.988. The molecule has 0 unspecified atom stereocenters. The van der Waals surface area contributed by atoms with Gasteiger partial charge in [-0.3, -0.25) is 4.79 Å². The average molecular weight is 230 g/mol. The Hall–Kier alpha value is -1.36. The van der Waals surface area contributed by atoms with Gasteiger partial charge in [-0.1, -0.05) is 13.8 Å². The van der Waals surface area contributed by atoms with E-state index in [-0.39, 0.29) is 17.7 Å². The normalized spacial score (nSPS) is 10.4. The molecule has 0 saturated heterocycles. The lowest BCUT2D eigenvalue weighted by molar-refractivity contribution is -0.134. The Morgan fingerprint density at radius 1 is 1.60 bits per heavy atom. The molecule has 0 aliphatic heterocycles. The molecular weight excluding hydrogens is 218 g/mol. The molecule has 2 N–H and O–H groups in total. The standard InChI is InChI=1S/C9H12ClN3O2/c1-5(2)6-3-7(11-4-8(14)15)13-9(10)12-6/h3,5H,4H2,1-2H3,(H,14,15)(H,11,12,13). The Kier molecular flexibility index (Phi) is 3.85. The van der Waals surface area contributed by atoms with E-state index in [2.05, 4.69) is 15.3 Å². The van der Waals surface area contributed by atoms with Crippen LogP contribution in [0.15, 0.2) is 6.07 Å². The second-order valence-electron chi connectivity index (χ2n) is 3.35. The number of carbonyl (C=O) groups is 1. The summed E-state index contributed by atoms with van der Waals surface area (Å²) in [5, 5.41) is 11.2. The number of hydrogen-bond donors (Lipinski definition) is 2. The molecule has 0 radical (unpaired) electrons. The molecule has 1 rings (SSSR count). The number of nitrogens with one attached hydrogen (secondary N) is 1. The van der Waals surface area contributed by atoms with Gasteiger partial charge in [-0.25, -0.2) is 9.97 Å². The van der Waals surface area contributed by atoms with E-state index in [0.29, 0.717) is 5.82 Å². The largest absolute Gasteiger partial charge is 0.480 e. The van der Waals surface area contributed by atoms with E-state index in [4.69, 9.17) is 16.7 Å². The molecule has 82 valence electrons. The summed E-state index contributed by atoms with van der Waals surface area (Å²) in [5.41, 5.74) is 0.780. The number of aromatic nitrogens is 2. The molecule has 6 heteroatoms. The van der Waals surface area contributed by atoms with Crippen LogP contribution >= 0.6 is 11.6 Å². The molecule has 15 heavy (non-hydrogen) atoms. The second-order valence-corrected chi connectivity index (χ2v) is 3.69. The minimum absolute atomic E-state index is 0.120. The Labute approximate surface area is 92.5 Å². The zero-order chi connectivity index (χ0) is 11.4. The lowest BCUT2D eigenvalue weighted by Crippen LogP contribution is -2.14. The van der Waals surface area contributed by atoms with Gasteiger partial charge in [0.1, 0.15) is 12.4 Å². The summed E-state index contributed by atoms with van der Waals surface area (Å²) in [5.74, 6) is -0.298. The predicted molar refractivity (Wildman–Crippen MR) is 57.3 cm³/mol. The molecule has 1 heterocycles. The van der Waals surface area contributed by atoms with Gasteiger partial charge in [-0.05, 0) is 17.5 Å². The van der Waals surface area contributed by atoms with Crippen LogP contribution in [-0.2, 0) is 4.79 Å². The van der Waals surface area contributed by atoms with Crippen LogP contribution in [0.1, 0.15) is 25.5 Å². The third-order valence-corrected chi connectivity index (χ3v) is 1.90. The third-order valence-electron chi connectivity index (χ3n) is 1.73. The highest BCUT2D eigenvalue weighted by molar-refractivity contribution is 6.28. The number of hydrogen-bond acceptors (Lipinski definition) is 4. The number of aliphatic carboxylic acids is 1. The van der Waals surface area contributed by atoms with Crippen molar-refractivity contribution in [1.29, 1.82) is 0 Å². The number of anilines is 1. The lowest BCUT2D eigenvalue weighted by atomic mass is 10.1. The molecule has 0 atom stereocenters. The van der Waals surface area contributed by atoms with Crippen LogP contribution in [0.2, 0.25) is 5.28 Å². The van der Waals surface area contributed by atoms with E-state index in [1.54, 1.807) is 6.07 Å². The van der Waals surface area contributed by atoms with Gasteiger partial charge in [-0.15, -0.1) is 0 Å². The van der Waals surface area contributed by atoms with Crippen LogP contribution < -0.4 is 5.32 Å². The molecule has 1 aromatic rings. The summed E-state index contributed by atoms with van der Waals surface area (Å²) < 4.78 is 0. The lowest BCUT2D eigenvalue weighted by Gasteiger charge is -2.08. The Balaban J connectivity index is 2.84. The van der Waals surface area contributed by atoms with E-state index >= 15 is 0 Å². The van der Waals surface area contributed by atoms with Gasteiger partial charge in [-0.2, -0.15) is 0 Å². The highest BCUT2D eigenvalue weighted by Crippen LogP contribution is 2.17.